The highest BCUT2D eigenvalue weighted by Crippen LogP contribution is 2.30. The summed E-state index contributed by atoms with van der Waals surface area (Å²) in [4.78, 5) is 11.9. The number of rotatable bonds is 5. The van der Waals surface area contributed by atoms with Gasteiger partial charge >= 0.3 is 0 Å². The molecule has 0 aliphatic heterocycles. The SMILES string of the molecule is CCOc1ccc(NC(=O)c2ccc(Cl)cc2)cc1S(=O)(=O)Cl. The quantitative estimate of drug-likeness (QED) is 0.806. The molecule has 122 valence electrons. The van der Waals surface area contributed by atoms with Crippen LogP contribution in [0.25, 0.3) is 0 Å². The molecule has 0 aliphatic rings. The third kappa shape index (κ3) is 4.60. The molecule has 0 spiro atoms. The first-order valence-corrected chi connectivity index (χ1v) is 9.28. The van der Waals surface area contributed by atoms with Crippen molar-refractivity contribution in [3.63, 3.8) is 0 Å². The van der Waals surface area contributed by atoms with Crippen molar-refractivity contribution in [1.29, 1.82) is 0 Å². The third-order valence-corrected chi connectivity index (χ3v) is 4.47. The molecule has 0 saturated heterocycles. The molecule has 0 bridgehead atoms. The van der Waals surface area contributed by atoms with Crippen LogP contribution in [0.4, 0.5) is 5.69 Å². The van der Waals surface area contributed by atoms with Crippen LogP contribution in [-0.4, -0.2) is 20.9 Å². The Morgan fingerprint density at radius 2 is 1.83 bits per heavy atom. The third-order valence-electron chi connectivity index (χ3n) is 2.87. The van der Waals surface area contributed by atoms with E-state index in [9.17, 15) is 13.2 Å². The maximum absolute atomic E-state index is 12.1. The van der Waals surface area contributed by atoms with Crippen molar-refractivity contribution in [1.82, 2.24) is 0 Å². The molecule has 0 aromatic heterocycles. The molecule has 2 aromatic carbocycles. The number of benzene rings is 2. The van der Waals surface area contributed by atoms with Gasteiger partial charge in [0.2, 0.25) is 0 Å². The molecule has 0 unspecified atom stereocenters. The Hall–Kier alpha value is -1.76. The minimum Gasteiger partial charge on any atom is -0.492 e. The van der Waals surface area contributed by atoms with E-state index in [0.29, 0.717) is 10.6 Å². The molecular weight excluding hydrogens is 361 g/mol. The highest BCUT2D eigenvalue weighted by Gasteiger charge is 2.18. The van der Waals surface area contributed by atoms with Crippen LogP contribution in [0.5, 0.6) is 5.75 Å². The minimum absolute atomic E-state index is 0.131. The number of carbonyl (C=O) groups excluding carboxylic acids is 1. The number of hydrogen-bond donors (Lipinski definition) is 1. The normalized spacial score (nSPS) is 11.1. The predicted octanol–water partition coefficient (Wildman–Crippen LogP) is 3.92. The molecule has 2 aromatic rings. The van der Waals surface area contributed by atoms with Gasteiger partial charge in [-0.05, 0) is 49.4 Å². The summed E-state index contributed by atoms with van der Waals surface area (Å²) in [7, 11) is 1.40. The summed E-state index contributed by atoms with van der Waals surface area (Å²) < 4.78 is 28.5. The van der Waals surface area contributed by atoms with Gasteiger partial charge in [-0.2, -0.15) is 0 Å². The second kappa shape index (κ2) is 7.21. The van der Waals surface area contributed by atoms with Crippen LogP contribution in [0.15, 0.2) is 47.4 Å². The average molecular weight is 374 g/mol. The van der Waals surface area contributed by atoms with Crippen LogP contribution in [0.3, 0.4) is 0 Å². The van der Waals surface area contributed by atoms with Crippen molar-refractivity contribution < 1.29 is 17.9 Å². The first-order valence-electron chi connectivity index (χ1n) is 6.59. The monoisotopic (exact) mass is 373 g/mol. The van der Waals surface area contributed by atoms with Gasteiger partial charge in [0.05, 0.1) is 6.61 Å². The number of ether oxygens (including phenoxy) is 1. The summed E-state index contributed by atoms with van der Waals surface area (Å²) in [6, 6.07) is 10.5. The smallest absolute Gasteiger partial charge is 0.265 e. The number of nitrogens with one attached hydrogen (secondary N) is 1. The van der Waals surface area contributed by atoms with E-state index in [2.05, 4.69) is 5.32 Å². The highest BCUT2D eigenvalue weighted by atomic mass is 35.7. The van der Waals surface area contributed by atoms with Crippen LogP contribution in [0.1, 0.15) is 17.3 Å². The van der Waals surface area contributed by atoms with Gasteiger partial charge in [-0.3, -0.25) is 4.79 Å². The summed E-state index contributed by atoms with van der Waals surface area (Å²) in [5, 5.41) is 3.11. The lowest BCUT2D eigenvalue weighted by molar-refractivity contribution is 0.102. The molecule has 8 heteroatoms. The molecule has 0 aliphatic carbocycles. The van der Waals surface area contributed by atoms with Crippen molar-refractivity contribution in [3.8, 4) is 5.75 Å². The Kier molecular flexibility index (Phi) is 5.51. The maximum Gasteiger partial charge on any atom is 0.265 e. The molecule has 2 rings (SSSR count). The Bertz CT molecular complexity index is 820. The van der Waals surface area contributed by atoms with E-state index >= 15 is 0 Å². The van der Waals surface area contributed by atoms with Gasteiger partial charge < -0.3 is 10.1 Å². The van der Waals surface area contributed by atoms with Crippen molar-refractivity contribution in [2.45, 2.75) is 11.8 Å². The topological polar surface area (TPSA) is 72.5 Å². The number of halogens is 2. The fourth-order valence-electron chi connectivity index (χ4n) is 1.86. The molecule has 23 heavy (non-hydrogen) atoms. The zero-order chi connectivity index (χ0) is 17.0. The zero-order valence-electron chi connectivity index (χ0n) is 12.0. The maximum atomic E-state index is 12.1. The predicted molar refractivity (Wildman–Crippen MR) is 90.1 cm³/mol. The molecule has 0 heterocycles. The van der Waals surface area contributed by atoms with E-state index in [1.165, 1.54) is 18.2 Å². The molecule has 5 nitrogen and oxygen atoms in total. The van der Waals surface area contributed by atoms with Crippen molar-refractivity contribution >= 4 is 42.9 Å². The largest absolute Gasteiger partial charge is 0.492 e. The lowest BCUT2D eigenvalue weighted by Gasteiger charge is -2.11. The van der Waals surface area contributed by atoms with Gasteiger partial charge in [-0.1, -0.05) is 11.6 Å². The first kappa shape index (κ1) is 17.6. The van der Waals surface area contributed by atoms with Crippen LogP contribution in [0.2, 0.25) is 5.02 Å². The van der Waals surface area contributed by atoms with E-state index < -0.39 is 15.0 Å². The van der Waals surface area contributed by atoms with E-state index in [-0.39, 0.29) is 22.9 Å². The number of amides is 1. The van der Waals surface area contributed by atoms with Crippen LogP contribution in [-0.2, 0) is 9.05 Å². The van der Waals surface area contributed by atoms with E-state index in [1.807, 2.05) is 0 Å². The van der Waals surface area contributed by atoms with Gasteiger partial charge in [0.15, 0.2) is 0 Å². The molecule has 1 N–H and O–H groups in total. The summed E-state index contributed by atoms with van der Waals surface area (Å²) in [6.07, 6.45) is 0. The second-order valence-corrected chi connectivity index (χ2v) is 7.46. The number of anilines is 1. The Labute approximate surface area is 143 Å². The van der Waals surface area contributed by atoms with Gasteiger partial charge in [-0.15, -0.1) is 0 Å². The molecule has 0 saturated carbocycles. The fourth-order valence-corrected chi connectivity index (χ4v) is 2.98. The zero-order valence-corrected chi connectivity index (χ0v) is 14.4. The standard InChI is InChI=1S/C15H13Cl2NO4S/c1-2-22-13-8-7-12(9-14(13)23(17,20)21)18-15(19)10-3-5-11(16)6-4-10/h3-9H,2H2,1H3,(H,18,19). The number of hydrogen-bond acceptors (Lipinski definition) is 4. The molecule has 1 amide bonds. The van der Waals surface area contributed by atoms with Crippen LogP contribution < -0.4 is 10.1 Å². The van der Waals surface area contributed by atoms with E-state index in [0.717, 1.165) is 0 Å². The highest BCUT2D eigenvalue weighted by molar-refractivity contribution is 8.13. The van der Waals surface area contributed by atoms with Gasteiger partial charge in [0.25, 0.3) is 15.0 Å². The molecule has 0 radical (unpaired) electrons. The molecular formula is C15H13Cl2NO4S. The van der Waals surface area contributed by atoms with E-state index in [4.69, 9.17) is 27.0 Å². The molecule has 0 atom stereocenters. The second-order valence-electron chi connectivity index (χ2n) is 4.49. The van der Waals surface area contributed by atoms with Crippen molar-refractivity contribution in [2.75, 3.05) is 11.9 Å². The summed E-state index contributed by atoms with van der Waals surface area (Å²) in [5.74, 6) is -0.268. The minimum atomic E-state index is -4.01. The van der Waals surface area contributed by atoms with Crippen molar-refractivity contribution in [3.05, 3.63) is 53.1 Å². The van der Waals surface area contributed by atoms with Crippen LogP contribution in [0, 0.1) is 0 Å². The van der Waals surface area contributed by atoms with Gasteiger partial charge in [-0.25, -0.2) is 8.42 Å². The fraction of sp³-hybridized carbons (Fsp3) is 0.133. The Morgan fingerprint density at radius 1 is 1.17 bits per heavy atom. The summed E-state index contributed by atoms with van der Waals surface area (Å²) >= 11 is 5.77. The Morgan fingerprint density at radius 3 is 2.39 bits per heavy atom. The van der Waals surface area contributed by atoms with Crippen LogP contribution >= 0.6 is 22.3 Å². The van der Waals surface area contributed by atoms with Gasteiger partial charge in [0, 0.05) is 27.0 Å². The Balaban J connectivity index is 2.30. The van der Waals surface area contributed by atoms with Crippen molar-refractivity contribution in [2.24, 2.45) is 0 Å². The summed E-state index contributed by atoms with van der Waals surface area (Å²) in [6.45, 7) is 2.01. The lowest BCUT2D eigenvalue weighted by Crippen LogP contribution is -2.12. The summed E-state index contributed by atoms with van der Waals surface area (Å²) in [5.41, 5.74) is 0.672. The first-order chi connectivity index (χ1) is 10.8. The lowest BCUT2D eigenvalue weighted by atomic mass is 10.2. The van der Waals surface area contributed by atoms with Gasteiger partial charge in [0.1, 0.15) is 10.6 Å². The average Bonchev–Trinajstić information content (AvgIpc) is 2.48. The number of carbonyl (C=O) groups is 1. The van der Waals surface area contributed by atoms with E-state index in [1.54, 1.807) is 31.2 Å². The molecule has 0 fully saturated rings.